The lowest BCUT2D eigenvalue weighted by atomic mass is 10.1. The van der Waals surface area contributed by atoms with E-state index < -0.39 is 20.7 Å². The highest BCUT2D eigenvalue weighted by Gasteiger charge is 2.17. The Labute approximate surface area is 137 Å². The van der Waals surface area contributed by atoms with Crippen LogP contribution in [0.5, 0.6) is 0 Å². The van der Waals surface area contributed by atoms with Crippen molar-refractivity contribution in [3.05, 3.63) is 57.6 Å². The molecule has 0 atom stereocenters. The zero-order valence-electron chi connectivity index (χ0n) is 12.8. The molecule has 0 saturated carbocycles. The van der Waals surface area contributed by atoms with E-state index in [2.05, 4.69) is 5.32 Å². The van der Waals surface area contributed by atoms with Crippen LogP contribution in [-0.2, 0) is 9.84 Å². The molecule has 0 unspecified atom stereocenters. The van der Waals surface area contributed by atoms with E-state index >= 15 is 0 Å². The van der Waals surface area contributed by atoms with Gasteiger partial charge in [0.05, 0.1) is 21.1 Å². The third-order valence-electron chi connectivity index (χ3n) is 3.34. The highest BCUT2D eigenvalue weighted by molar-refractivity contribution is 7.90. The van der Waals surface area contributed by atoms with Gasteiger partial charge in [0, 0.05) is 24.1 Å². The molecule has 2 aromatic carbocycles. The average Bonchev–Trinajstić information content (AvgIpc) is 2.47. The first-order valence-corrected chi connectivity index (χ1v) is 8.58. The standard InChI is InChI=1S/C15H14N2O6S/c1-9-7-11(24(2,22)23)4-6-13(9)16-14-8-10(17(20)21)3-5-12(14)15(18)19/h3-8,16H,1-2H3,(H,18,19). The van der Waals surface area contributed by atoms with Crippen LogP contribution in [0.4, 0.5) is 17.1 Å². The van der Waals surface area contributed by atoms with Crippen molar-refractivity contribution in [1.29, 1.82) is 0 Å². The van der Waals surface area contributed by atoms with Crippen LogP contribution in [0.3, 0.4) is 0 Å². The molecule has 0 radical (unpaired) electrons. The largest absolute Gasteiger partial charge is 0.478 e. The van der Waals surface area contributed by atoms with Gasteiger partial charge in [0.2, 0.25) is 0 Å². The molecule has 0 amide bonds. The minimum absolute atomic E-state index is 0.0481. The Hall–Kier alpha value is -2.94. The third-order valence-corrected chi connectivity index (χ3v) is 4.45. The van der Waals surface area contributed by atoms with Crippen molar-refractivity contribution in [1.82, 2.24) is 0 Å². The summed E-state index contributed by atoms with van der Waals surface area (Å²) in [6, 6.07) is 7.67. The Balaban J connectivity index is 2.49. The molecule has 2 aromatic rings. The van der Waals surface area contributed by atoms with Crippen molar-refractivity contribution in [2.24, 2.45) is 0 Å². The molecule has 0 heterocycles. The van der Waals surface area contributed by atoms with E-state index in [1.165, 1.54) is 18.2 Å². The topological polar surface area (TPSA) is 127 Å². The normalized spacial score (nSPS) is 11.1. The van der Waals surface area contributed by atoms with Crippen molar-refractivity contribution in [2.75, 3.05) is 11.6 Å². The zero-order chi connectivity index (χ0) is 18.1. The molecule has 8 nitrogen and oxygen atoms in total. The average molecular weight is 350 g/mol. The summed E-state index contributed by atoms with van der Waals surface area (Å²) < 4.78 is 23.1. The second-order valence-electron chi connectivity index (χ2n) is 5.17. The second kappa shape index (κ2) is 6.28. The lowest BCUT2D eigenvalue weighted by Gasteiger charge is -2.13. The highest BCUT2D eigenvalue weighted by atomic mass is 32.2. The molecule has 0 saturated heterocycles. The molecule has 0 aliphatic carbocycles. The van der Waals surface area contributed by atoms with Crippen LogP contribution >= 0.6 is 0 Å². The van der Waals surface area contributed by atoms with Crippen molar-refractivity contribution in [3.8, 4) is 0 Å². The first-order valence-electron chi connectivity index (χ1n) is 6.69. The highest BCUT2D eigenvalue weighted by Crippen LogP contribution is 2.28. The van der Waals surface area contributed by atoms with E-state index in [0.717, 1.165) is 24.5 Å². The number of anilines is 2. The SMILES string of the molecule is Cc1cc(S(C)(=O)=O)ccc1Nc1cc([N+](=O)[O-])ccc1C(=O)O. The van der Waals surface area contributed by atoms with E-state index in [1.807, 2.05) is 0 Å². The van der Waals surface area contributed by atoms with Crippen LogP contribution in [-0.4, -0.2) is 30.7 Å². The fraction of sp³-hybridized carbons (Fsp3) is 0.133. The maximum absolute atomic E-state index is 11.5. The summed E-state index contributed by atoms with van der Waals surface area (Å²) in [5, 5.41) is 22.9. The quantitative estimate of drug-likeness (QED) is 0.627. The Bertz CT molecular complexity index is 937. The van der Waals surface area contributed by atoms with Crippen molar-refractivity contribution < 1.29 is 23.2 Å². The predicted octanol–water partition coefficient (Wildman–Crippen LogP) is 2.75. The van der Waals surface area contributed by atoms with E-state index in [9.17, 15) is 28.4 Å². The number of hydrogen-bond donors (Lipinski definition) is 2. The molecule has 0 aliphatic rings. The summed E-state index contributed by atoms with van der Waals surface area (Å²) in [6.45, 7) is 1.65. The molecule has 2 rings (SSSR count). The number of carboxylic acids is 1. The minimum atomic E-state index is -3.37. The molecule has 0 aromatic heterocycles. The number of nitro groups is 1. The number of carbonyl (C=O) groups is 1. The maximum atomic E-state index is 11.5. The number of hydrogen-bond acceptors (Lipinski definition) is 6. The Morgan fingerprint density at radius 3 is 2.33 bits per heavy atom. The fourth-order valence-corrected chi connectivity index (χ4v) is 2.79. The number of aryl methyl sites for hydroxylation is 1. The van der Waals surface area contributed by atoms with Gasteiger partial charge in [-0.2, -0.15) is 0 Å². The summed E-state index contributed by atoms with van der Waals surface area (Å²) in [5.41, 5.74) is 0.665. The van der Waals surface area contributed by atoms with E-state index in [4.69, 9.17) is 0 Å². The summed E-state index contributed by atoms with van der Waals surface area (Å²) in [4.78, 5) is 21.6. The molecule has 24 heavy (non-hydrogen) atoms. The lowest BCUT2D eigenvalue weighted by molar-refractivity contribution is -0.384. The number of carboxylic acid groups (broad SMARTS) is 1. The third kappa shape index (κ3) is 3.69. The summed E-state index contributed by atoms with van der Waals surface area (Å²) in [5.74, 6) is -1.24. The van der Waals surface area contributed by atoms with E-state index in [1.54, 1.807) is 6.92 Å². The Morgan fingerprint density at radius 2 is 1.83 bits per heavy atom. The number of rotatable bonds is 5. The number of nitrogens with zero attached hydrogens (tertiary/aromatic N) is 1. The van der Waals surface area contributed by atoms with Crippen LogP contribution in [0.15, 0.2) is 41.3 Å². The maximum Gasteiger partial charge on any atom is 0.337 e. The first kappa shape index (κ1) is 17.4. The van der Waals surface area contributed by atoms with Gasteiger partial charge in [-0.1, -0.05) is 0 Å². The molecule has 9 heteroatoms. The smallest absolute Gasteiger partial charge is 0.337 e. The van der Waals surface area contributed by atoms with Gasteiger partial charge >= 0.3 is 5.97 Å². The van der Waals surface area contributed by atoms with Gasteiger partial charge < -0.3 is 10.4 Å². The van der Waals surface area contributed by atoms with Crippen molar-refractivity contribution in [2.45, 2.75) is 11.8 Å². The second-order valence-corrected chi connectivity index (χ2v) is 7.18. The Kier molecular flexibility index (Phi) is 4.56. The van der Waals surface area contributed by atoms with Gasteiger partial charge in [-0.25, -0.2) is 13.2 Å². The minimum Gasteiger partial charge on any atom is -0.478 e. The lowest BCUT2D eigenvalue weighted by Crippen LogP contribution is -2.05. The van der Waals surface area contributed by atoms with Crippen LogP contribution in [0.25, 0.3) is 0 Å². The molecule has 0 aliphatic heterocycles. The first-order chi connectivity index (χ1) is 11.1. The fourth-order valence-electron chi connectivity index (χ4n) is 2.09. The monoisotopic (exact) mass is 350 g/mol. The van der Waals surface area contributed by atoms with Crippen LogP contribution in [0.2, 0.25) is 0 Å². The Morgan fingerprint density at radius 1 is 1.17 bits per heavy atom. The van der Waals surface area contributed by atoms with E-state index in [-0.39, 0.29) is 21.8 Å². The number of non-ortho nitro benzene ring substituents is 1. The van der Waals surface area contributed by atoms with Gasteiger partial charge in [0.25, 0.3) is 5.69 Å². The van der Waals surface area contributed by atoms with Crippen molar-refractivity contribution in [3.63, 3.8) is 0 Å². The van der Waals surface area contributed by atoms with Crippen LogP contribution < -0.4 is 5.32 Å². The van der Waals surface area contributed by atoms with E-state index in [0.29, 0.717) is 11.3 Å². The predicted molar refractivity (Wildman–Crippen MR) is 87.6 cm³/mol. The van der Waals surface area contributed by atoms with Gasteiger partial charge in [0.1, 0.15) is 0 Å². The van der Waals surface area contributed by atoms with Gasteiger partial charge in [-0.3, -0.25) is 10.1 Å². The number of sulfone groups is 1. The molecular weight excluding hydrogens is 336 g/mol. The molecular formula is C15H14N2O6S. The molecule has 126 valence electrons. The zero-order valence-corrected chi connectivity index (χ0v) is 13.6. The van der Waals surface area contributed by atoms with Gasteiger partial charge in [-0.05, 0) is 36.8 Å². The molecule has 0 spiro atoms. The van der Waals surface area contributed by atoms with Crippen molar-refractivity contribution >= 4 is 32.9 Å². The summed E-state index contributed by atoms with van der Waals surface area (Å²) in [6.07, 6.45) is 1.08. The van der Waals surface area contributed by atoms with Crippen LogP contribution in [0.1, 0.15) is 15.9 Å². The number of nitrogens with one attached hydrogen (secondary N) is 1. The number of benzene rings is 2. The molecule has 2 N–H and O–H groups in total. The summed E-state index contributed by atoms with van der Waals surface area (Å²) in [7, 11) is -3.37. The summed E-state index contributed by atoms with van der Waals surface area (Å²) >= 11 is 0. The number of nitro benzene ring substituents is 1. The number of aromatic carboxylic acids is 1. The molecule has 0 fully saturated rings. The van der Waals surface area contributed by atoms with Gasteiger partial charge in [-0.15, -0.1) is 0 Å². The molecule has 0 bridgehead atoms. The van der Waals surface area contributed by atoms with Crippen LogP contribution in [0, 0.1) is 17.0 Å². The van der Waals surface area contributed by atoms with Gasteiger partial charge in [0.15, 0.2) is 9.84 Å².